The van der Waals surface area contributed by atoms with Crippen LogP contribution in [0.5, 0.6) is 0 Å². The van der Waals surface area contributed by atoms with E-state index in [0.29, 0.717) is 17.7 Å². The zero-order valence-corrected chi connectivity index (χ0v) is 11.5. The Morgan fingerprint density at radius 3 is 3.11 bits per heavy atom. The van der Waals surface area contributed by atoms with E-state index in [1.807, 2.05) is 11.4 Å². The highest BCUT2D eigenvalue weighted by molar-refractivity contribution is 9.10. The van der Waals surface area contributed by atoms with E-state index in [0.717, 1.165) is 9.35 Å². The zero-order chi connectivity index (χ0) is 12.7. The van der Waals surface area contributed by atoms with E-state index >= 15 is 0 Å². The number of nitrogens with zero attached hydrogens (tertiary/aromatic N) is 3. The van der Waals surface area contributed by atoms with Gasteiger partial charge < -0.3 is 10.7 Å². The molecule has 3 aromatic rings. The van der Waals surface area contributed by atoms with Crippen molar-refractivity contribution in [2.45, 2.75) is 6.54 Å². The fraction of sp³-hybridized carbons (Fsp3) is 0.100. The topological polar surface area (TPSA) is 89.6 Å². The molecule has 3 rings (SSSR count). The molecule has 18 heavy (non-hydrogen) atoms. The molecule has 92 valence electrons. The molecular formula is C10H8BrN5OS. The first-order valence-electron chi connectivity index (χ1n) is 5.08. The summed E-state index contributed by atoms with van der Waals surface area (Å²) in [7, 11) is 0. The standard InChI is InChI=1S/C10H8BrN5OS/c11-5-1-2-18-6(5)3-16-9(17)7-8(14-4-13-7)15-10(16)12/h1-2,4H,3H2,(H2,12,15)(H,13,14). The molecule has 8 heteroatoms. The quantitative estimate of drug-likeness (QED) is 0.748. The molecule has 0 amide bonds. The van der Waals surface area contributed by atoms with Gasteiger partial charge in [-0.1, -0.05) is 0 Å². The molecule has 0 spiro atoms. The van der Waals surface area contributed by atoms with Crippen molar-refractivity contribution in [3.8, 4) is 0 Å². The monoisotopic (exact) mass is 325 g/mol. The molecule has 0 saturated heterocycles. The number of halogens is 1. The van der Waals surface area contributed by atoms with Gasteiger partial charge >= 0.3 is 0 Å². The van der Waals surface area contributed by atoms with Crippen molar-refractivity contribution in [1.82, 2.24) is 19.5 Å². The van der Waals surface area contributed by atoms with Gasteiger partial charge in [-0.15, -0.1) is 11.3 Å². The van der Waals surface area contributed by atoms with Crippen molar-refractivity contribution < 1.29 is 0 Å². The summed E-state index contributed by atoms with van der Waals surface area (Å²) in [5, 5.41) is 1.95. The Morgan fingerprint density at radius 2 is 2.39 bits per heavy atom. The molecular weight excluding hydrogens is 318 g/mol. The van der Waals surface area contributed by atoms with Crippen LogP contribution >= 0.6 is 27.3 Å². The van der Waals surface area contributed by atoms with Crippen LogP contribution in [0.2, 0.25) is 0 Å². The van der Waals surface area contributed by atoms with Gasteiger partial charge in [-0.05, 0) is 27.4 Å². The van der Waals surface area contributed by atoms with Crippen LogP contribution in [0.3, 0.4) is 0 Å². The number of hydrogen-bond donors (Lipinski definition) is 2. The fourth-order valence-corrected chi connectivity index (χ4v) is 3.14. The second-order valence-corrected chi connectivity index (χ2v) is 5.51. The smallest absolute Gasteiger partial charge is 0.281 e. The molecule has 6 nitrogen and oxygen atoms in total. The van der Waals surface area contributed by atoms with Crippen LogP contribution in [-0.2, 0) is 6.54 Å². The van der Waals surface area contributed by atoms with Gasteiger partial charge in [-0.3, -0.25) is 9.36 Å². The molecule has 3 aromatic heterocycles. The second kappa shape index (κ2) is 4.21. The van der Waals surface area contributed by atoms with Gasteiger partial charge in [-0.25, -0.2) is 4.98 Å². The maximum absolute atomic E-state index is 12.2. The molecule has 0 aliphatic rings. The molecule has 0 unspecified atom stereocenters. The van der Waals surface area contributed by atoms with Gasteiger partial charge in [0.05, 0.1) is 12.9 Å². The van der Waals surface area contributed by atoms with Crippen LogP contribution in [0.1, 0.15) is 4.88 Å². The van der Waals surface area contributed by atoms with E-state index in [9.17, 15) is 4.79 Å². The number of aromatic amines is 1. The van der Waals surface area contributed by atoms with Crippen LogP contribution in [0.4, 0.5) is 5.95 Å². The second-order valence-electron chi connectivity index (χ2n) is 3.65. The summed E-state index contributed by atoms with van der Waals surface area (Å²) in [6, 6.07) is 1.93. The van der Waals surface area contributed by atoms with E-state index in [1.54, 1.807) is 11.3 Å². The Morgan fingerprint density at radius 1 is 1.56 bits per heavy atom. The minimum atomic E-state index is -0.213. The lowest BCUT2D eigenvalue weighted by molar-refractivity contribution is 0.770. The third-order valence-electron chi connectivity index (χ3n) is 2.57. The summed E-state index contributed by atoms with van der Waals surface area (Å²) in [5.41, 5.74) is 6.31. The molecule has 3 heterocycles. The molecule has 0 aliphatic carbocycles. The number of anilines is 1. The summed E-state index contributed by atoms with van der Waals surface area (Å²) in [6.45, 7) is 0.394. The van der Waals surface area contributed by atoms with Crippen molar-refractivity contribution >= 4 is 44.4 Å². The Kier molecular flexibility index (Phi) is 2.67. The number of hydrogen-bond acceptors (Lipinski definition) is 5. The minimum Gasteiger partial charge on any atom is -0.369 e. The molecule has 0 saturated carbocycles. The summed E-state index contributed by atoms with van der Waals surface area (Å²) >= 11 is 4.98. The average molecular weight is 326 g/mol. The number of rotatable bonds is 2. The van der Waals surface area contributed by atoms with E-state index in [4.69, 9.17) is 5.73 Å². The lowest BCUT2D eigenvalue weighted by Gasteiger charge is -2.07. The first kappa shape index (κ1) is 11.4. The molecule has 0 aliphatic heterocycles. The normalized spacial score (nSPS) is 11.2. The van der Waals surface area contributed by atoms with Crippen molar-refractivity contribution in [3.63, 3.8) is 0 Å². The lowest BCUT2D eigenvalue weighted by Crippen LogP contribution is -2.25. The number of aromatic nitrogens is 4. The average Bonchev–Trinajstić information content (AvgIpc) is 2.94. The van der Waals surface area contributed by atoms with E-state index < -0.39 is 0 Å². The number of fused-ring (bicyclic) bond motifs is 1. The summed E-state index contributed by atoms with van der Waals surface area (Å²) in [4.78, 5) is 24.0. The number of thiophene rings is 1. The first-order chi connectivity index (χ1) is 8.66. The maximum atomic E-state index is 12.2. The van der Waals surface area contributed by atoms with Crippen molar-refractivity contribution in [1.29, 1.82) is 0 Å². The number of H-pyrrole nitrogens is 1. The van der Waals surface area contributed by atoms with E-state index in [1.165, 1.54) is 10.9 Å². The van der Waals surface area contributed by atoms with Gasteiger partial charge in [0.2, 0.25) is 5.95 Å². The zero-order valence-electron chi connectivity index (χ0n) is 9.05. The summed E-state index contributed by atoms with van der Waals surface area (Å²) < 4.78 is 2.39. The number of nitrogens with two attached hydrogens (primary N) is 1. The molecule has 0 atom stereocenters. The minimum absolute atomic E-state index is 0.167. The molecule has 3 N–H and O–H groups in total. The predicted octanol–water partition coefficient (Wildman–Crippen LogP) is 1.57. The highest BCUT2D eigenvalue weighted by Crippen LogP contribution is 2.23. The Labute approximate surface area is 114 Å². The number of nitrogens with one attached hydrogen (secondary N) is 1. The van der Waals surface area contributed by atoms with Crippen LogP contribution in [0, 0.1) is 0 Å². The molecule has 0 aromatic carbocycles. The van der Waals surface area contributed by atoms with Gasteiger partial charge in [-0.2, -0.15) is 4.98 Å². The van der Waals surface area contributed by atoms with Crippen LogP contribution in [0.25, 0.3) is 11.2 Å². The lowest BCUT2D eigenvalue weighted by atomic mass is 10.4. The fourth-order valence-electron chi connectivity index (χ4n) is 1.67. The Bertz CT molecular complexity index is 774. The van der Waals surface area contributed by atoms with Gasteiger partial charge in [0.1, 0.15) is 0 Å². The number of imidazole rings is 1. The highest BCUT2D eigenvalue weighted by atomic mass is 79.9. The van der Waals surface area contributed by atoms with Crippen LogP contribution in [-0.4, -0.2) is 19.5 Å². The Hall–Kier alpha value is -1.67. The maximum Gasteiger partial charge on any atom is 0.281 e. The number of nitrogen functional groups attached to an aromatic ring is 1. The van der Waals surface area contributed by atoms with Crippen molar-refractivity contribution in [3.05, 3.63) is 37.5 Å². The van der Waals surface area contributed by atoms with Crippen molar-refractivity contribution in [2.24, 2.45) is 0 Å². The molecule has 0 radical (unpaired) electrons. The van der Waals surface area contributed by atoms with Gasteiger partial charge in [0, 0.05) is 9.35 Å². The van der Waals surface area contributed by atoms with Crippen LogP contribution < -0.4 is 11.3 Å². The first-order valence-corrected chi connectivity index (χ1v) is 6.75. The Balaban J connectivity index is 2.17. The van der Waals surface area contributed by atoms with Gasteiger partial charge in [0.15, 0.2) is 11.2 Å². The molecule has 0 bridgehead atoms. The van der Waals surface area contributed by atoms with E-state index in [-0.39, 0.29) is 11.5 Å². The van der Waals surface area contributed by atoms with E-state index in [2.05, 4.69) is 30.9 Å². The third-order valence-corrected chi connectivity index (χ3v) is 4.48. The largest absolute Gasteiger partial charge is 0.369 e. The molecule has 0 fully saturated rings. The SMILES string of the molecule is Nc1nc2nc[nH]c2c(=O)n1Cc1sccc1Br. The summed E-state index contributed by atoms with van der Waals surface area (Å²) in [5.74, 6) is 0.167. The van der Waals surface area contributed by atoms with Gasteiger partial charge in [0.25, 0.3) is 5.56 Å². The van der Waals surface area contributed by atoms with Crippen LogP contribution in [0.15, 0.2) is 27.0 Å². The highest BCUT2D eigenvalue weighted by Gasteiger charge is 2.12. The third kappa shape index (κ3) is 1.73. The van der Waals surface area contributed by atoms with Crippen molar-refractivity contribution in [2.75, 3.05) is 5.73 Å². The summed E-state index contributed by atoms with van der Waals surface area (Å²) in [6.07, 6.45) is 1.43. The predicted molar refractivity (Wildman–Crippen MR) is 73.7 cm³/mol.